The van der Waals surface area contributed by atoms with Gasteiger partial charge in [-0.25, -0.2) is 0 Å². The van der Waals surface area contributed by atoms with Gasteiger partial charge in [0.1, 0.15) is 0 Å². The Hall–Kier alpha value is -2.98. The fraction of sp³-hybridized carbons (Fsp3) is 0.308. The number of unbranched alkanes of at least 4 members (excludes halogenated alkanes) is 1. The van der Waals surface area contributed by atoms with Gasteiger partial charge in [-0.15, -0.1) is 0 Å². The molecule has 0 radical (unpaired) electrons. The van der Waals surface area contributed by atoms with Crippen LogP contribution < -0.4 is 0 Å². The lowest BCUT2D eigenvalue weighted by Crippen LogP contribution is -2.29. The highest BCUT2D eigenvalue weighted by Gasteiger charge is 2.21. The number of fused-ring (bicyclic) bond motifs is 1. The standard InChI is InChI=1S/C26H28N2O2/c1-20-10-12-24-23(19-20)11-13-26(28(29)30)25(24)9-5-6-16-27-17-14-22(15-18-27)21-7-3-2-4-8-21/h2-4,7-8,10-14H,1,5-6,9,15-19H2. The summed E-state index contributed by atoms with van der Waals surface area (Å²) in [6.45, 7) is 7.11. The molecule has 2 aromatic carbocycles. The molecular formula is C26H28N2O2. The van der Waals surface area contributed by atoms with E-state index in [-0.39, 0.29) is 10.6 Å². The molecule has 0 saturated carbocycles. The molecule has 2 aromatic rings. The van der Waals surface area contributed by atoms with Gasteiger partial charge in [-0.2, -0.15) is 0 Å². The molecule has 0 saturated heterocycles. The fourth-order valence-electron chi connectivity index (χ4n) is 4.47. The first kappa shape index (κ1) is 20.3. The molecule has 154 valence electrons. The van der Waals surface area contributed by atoms with Crippen molar-refractivity contribution >= 4 is 17.3 Å². The SMILES string of the molecule is C=C1C=Cc2c(ccc([N+](=O)[O-])c2CCCCN2CC=C(c3ccccc3)CC2)C1. The molecule has 0 amide bonds. The topological polar surface area (TPSA) is 46.4 Å². The molecule has 0 bridgehead atoms. The van der Waals surface area contributed by atoms with Gasteiger partial charge in [0, 0.05) is 24.7 Å². The number of allylic oxidation sites excluding steroid dienone is 2. The Kier molecular flexibility index (Phi) is 6.24. The quantitative estimate of drug-likeness (QED) is 0.334. The first-order chi connectivity index (χ1) is 14.6. The van der Waals surface area contributed by atoms with Crippen LogP contribution in [0.15, 0.2) is 66.8 Å². The lowest BCUT2D eigenvalue weighted by atomic mass is 9.88. The molecule has 2 aliphatic rings. The average molecular weight is 401 g/mol. The van der Waals surface area contributed by atoms with Crippen LogP contribution in [0.1, 0.15) is 41.5 Å². The molecule has 4 nitrogen and oxygen atoms in total. The highest BCUT2D eigenvalue weighted by atomic mass is 16.6. The summed E-state index contributed by atoms with van der Waals surface area (Å²) in [4.78, 5) is 13.8. The van der Waals surface area contributed by atoms with E-state index in [2.05, 4.69) is 47.9 Å². The lowest BCUT2D eigenvalue weighted by molar-refractivity contribution is -0.385. The largest absolute Gasteiger partial charge is 0.299 e. The molecule has 0 atom stereocenters. The summed E-state index contributed by atoms with van der Waals surface area (Å²) in [5.41, 5.74) is 7.13. The van der Waals surface area contributed by atoms with E-state index in [1.54, 1.807) is 6.07 Å². The van der Waals surface area contributed by atoms with Crippen molar-refractivity contribution in [2.24, 2.45) is 0 Å². The summed E-state index contributed by atoms with van der Waals surface area (Å²) in [6.07, 6.45) is 10.9. The van der Waals surface area contributed by atoms with Gasteiger partial charge in [-0.1, -0.05) is 66.8 Å². The third kappa shape index (κ3) is 4.60. The van der Waals surface area contributed by atoms with Crippen molar-refractivity contribution in [2.45, 2.75) is 32.1 Å². The fourth-order valence-corrected chi connectivity index (χ4v) is 4.47. The van der Waals surface area contributed by atoms with E-state index >= 15 is 0 Å². The second-order valence-corrected chi connectivity index (χ2v) is 8.16. The summed E-state index contributed by atoms with van der Waals surface area (Å²) in [5, 5.41) is 11.5. The monoisotopic (exact) mass is 400 g/mol. The Morgan fingerprint density at radius 1 is 1.07 bits per heavy atom. The molecule has 0 spiro atoms. The molecule has 4 rings (SSSR count). The van der Waals surface area contributed by atoms with Gasteiger partial charge < -0.3 is 0 Å². The van der Waals surface area contributed by atoms with Crippen LogP contribution in [0.25, 0.3) is 11.6 Å². The Balaban J connectivity index is 1.34. The predicted octanol–water partition coefficient (Wildman–Crippen LogP) is 5.83. The molecular weight excluding hydrogens is 372 g/mol. The van der Waals surface area contributed by atoms with E-state index in [1.165, 1.54) is 11.1 Å². The number of benzene rings is 2. The molecule has 1 heterocycles. The van der Waals surface area contributed by atoms with Crippen LogP contribution in [0.5, 0.6) is 0 Å². The molecule has 30 heavy (non-hydrogen) atoms. The summed E-state index contributed by atoms with van der Waals surface area (Å²) < 4.78 is 0. The summed E-state index contributed by atoms with van der Waals surface area (Å²) in [7, 11) is 0. The number of rotatable bonds is 7. The van der Waals surface area contributed by atoms with Crippen LogP contribution >= 0.6 is 0 Å². The van der Waals surface area contributed by atoms with E-state index in [0.717, 1.165) is 74.0 Å². The Morgan fingerprint density at radius 2 is 1.90 bits per heavy atom. The van der Waals surface area contributed by atoms with Crippen LogP contribution in [0.3, 0.4) is 0 Å². The third-order valence-corrected chi connectivity index (χ3v) is 6.11. The Labute approximate surface area is 178 Å². The average Bonchev–Trinajstić information content (AvgIpc) is 2.77. The van der Waals surface area contributed by atoms with Crippen molar-refractivity contribution in [1.82, 2.24) is 4.90 Å². The highest BCUT2D eigenvalue weighted by molar-refractivity contribution is 5.69. The van der Waals surface area contributed by atoms with Crippen LogP contribution in [-0.4, -0.2) is 29.5 Å². The molecule has 0 unspecified atom stereocenters. The van der Waals surface area contributed by atoms with Gasteiger partial charge in [0.15, 0.2) is 0 Å². The lowest BCUT2D eigenvalue weighted by Gasteiger charge is -2.26. The highest BCUT2D eigenvalue weighted by Crippen LogP contribution is 2.32. The maximum absolute atomic E-state index is 11.5. The molecule has 1 aliphatic carbocycles. The number of hydrogen-bond donors (Lipinski definition) is 0. The minimum atomic E-state index is -0.243. The van der Waals surface area contributed by atoms with Crippen LogP contribution in [0.4, 0.5) is 5.69 Å². The Morgan fingerprint density at radius 3 is 2.63 bits per heavy atom. The molecule has 4 heteroatoms. The van der Waals surface area contributed by atoms with Crippen LogP contribution in [-0.2, 0) is 12.8 Å². The normalized spacial score (nSPS) is 16.3. The van der Waals surface area contributed by atoms with Crippen LogP contribution in [0.2, 0.25) is 0 Å². The van der Waals surface area contributed by atoms with E-state index in [4.69, 9.17) is 0 Å². The van der Waals surface area contributed by atoms with Crippen molar-refractivity contribution in [3.05, 3.63) is 99.1 Å². The number of hydrogen-bond acceptors (Lipinski definition) is 3. The Bertz CT molecular complexity index is 1010. The summed E-state index contributed by atoms with van der Waals surface area (Å²) >= 11 is 0. The van der Waals surface area contributed by atoms with E-state index in [1.807, 2.05) is 18.2 Å². The smallest absolute Gasteiger partial charge is 0.273 e. The van der Waals surface area contributed by atoms with Gasteiger partial charge in [-0.3, -0.25) is 15.0 Å². The van der Waals surface area contributed by atoms with Crippen molar-refractivity contribution in [1.29, 1.82) is 0 Å². The number of nitro benzene ring substituents is 1. The van der Waals surface area contributed by atoms with E-state index in [0.29, 0.717) is 0 Å². The van der Waals surface area contributed by atoms with E-state index in [9.17, 15) is 10.1 Å². The second-order valence-electron chi connectivity index (χ2n) is 8.16. The minimum Gasteiger partial charge on any atom is -0.299 e. The zero-order chi connectivity index (χ0) is 20.9. The van der Waals surface area contributed by atoms with Crippen molar-refractivity contribution in [2.75, 3.05) is 19.6 Å². The van der Waals surface area contributed by atoms with Crippen molar-refractivity contribution in [3.63, 3.8) is 0 Å². The maximum atomic E-state index is 11.5. The maximum Gasteiger partial charge on any atom is 0.273 e. The van der Waals surface area contributed by atoms with Crippen molar-refractivity contribution in [3.8, 4) is 0 Å². The predicted molar refractivity (Wildman–Crippen MR) is 123 cm³/mol. The zero-order valence-electron chi connectivity index (χ0n) is 17.3. The van der Waals surface area contributed by atoms with Gasteiger partial charge in [0.2, 0.25) is 0 Å². The van der Waals surface area contributed by atoms with Gasteiger partial charge in [0.25, 0.3) is 5.69 Å². The zero-order valence-corrected chi connectivity index (χ0v) is 17.3. The first-order valence-electron chi connectivity index (χ1n) is 10.7. The van der Waals surface area contributed by atoms with Gasteiger partial charge in [-0.05, 0) is 60.9 Å². The third-order valence-electron chi connectivity index (χ3n) is 6.11. The van der Waals surface area contributed by atoms with E-state index < -0.39 is 0 Å². The van der Waals surface area contributed by atoms with Crippen LogP contribution in [0, 0.1) is 10.1 Å². The van der Waals surface area contributed by atoms with Crippen molar-refractivity contribution < 1.29 is 4.92 Å². The first-order valence-corrected chi connectivity index (χ1v) is 10.7. The number of nitrogens with zero attached hydrogens (tertiary/aromatic N) is 2. The van der Waals surface area contributed by atoms with Gasteiger partial charge >= 0.3 is 0 Å². The minimum absolute atomic E-state index is 0.243. The molecule has 0 aromatic heterocycles. The van der Waals surface area contributed by atoms with Gasteiger partial charge in [0.05, 0.1) is 4.92 Å². The molecule has 1 aliphatic heterocycles. The number of nitro groups is 1. The summed E-state index contributed by atoms with van der Waals surface area (Å²) in [5.74, 6) is 0. The molecule has 0 N–H and O–H groups in total. The second kappa shape index (κ2) is 9.23. The molecule has 0 fully saturated rings. The summed E-state index contributed by atoms with van der Waals surface area (Å²) in [6, 6.07) is 14.2.